The van der Waals surface area contributed by atoms with Gasteiger partial charge in [-0.15, -0.1) is 13.2 Å². The molecular weight excluding hydrogens is 408 g/mol. The maximum absolute atomic E-state index is 10.9. The smallest absolute Gasteiger partial charge is 0.116 e. The molecule has 1 aliphatic carbocycles. The number of rotatable bonds is 12. The molecule has 6 heteroatoms. The second-order valence-corrected chi connectivity index (χ2v) is 7.68. The molecule has 0 spiro atoms. The van der Waals surface area contributed by atoms with E-state index in [1.807, 2.05) is 60.7 Å². The number of benzene rings is 2. The molecule has 32 heavy (non-hydrogen) atoms. The Hall–Kier alpha value is -2.32. The van der Waals surface area contributed by atoms with Gasteiger partial charge in [-0.1, -0.05) is 72.8 Å². The highest BCUT2D eigenvalue weighted by atomic mass is 16.6. The van der Waals surface area contributed by atoms with Crippen molar-refractivity contribution in [3.63, 3.8) is 0 Å². The van der Waals surface area contributed by atoms with Gasteiger partial charge in [0.25, 0.3) is 0 Å². The van der Waals surface area contributed by atoms with Crippen LogP contribution in [0.25, 0.3) is 0 Å². The third-order valence-corrected chi connectivity index (χ3v) is 5.38. The minimum Gasteiger partial charge on any atom is -0.387 e. The monoisotopic (exact) mass is 440 g/mol. The van der Waals surface area contributed by atoms with Crippen LogP contribution in [0, 0.1) is 0 Å². The van der Waals surface area contributed by atoms with Crippen LogP contribution in [0.4, 0.5) is 0 Å². The zero-order valence-corrected chi connectivity index (χ0v) is 18.2. The first-order valence-electron chi connectivity index (χ1n) is 10.8. The summed E-state index contributed by atoms with van der Waals surface area (Å²) in [5.74, 6) is 0. The van der Waals surface area contributed by atoms with Gasteiger partial charge in [0.1, 0.15) is 36.6 Å². The Morgan fingerprint density at radius 2 is 0.969 bits per heavy atom. The van der Waals surface area contributed by atoms with E-state index >= 15 is 0 Å². The van der Waals surface area contributed by atoms with Crippen LogP contribution in [-0.4, -0.2) is 60.1 Å². The minimum atomic E-state index is -1.22. The summed E-state index contributed by atoms with van der Waals surface area (Å²) >= 11 is 0. The van der Waals surface area contributed by atoms with Crippen LogP contribution in [-0.2, 0) is 32.2 Å². The van der Waals surface area contributed by atoms with Gasteiger partial charge in [-0.2, -0.15) is 0 Å². The van der Waals surface area contributed by atoms with Crippen LogP contribution >= 0.6 is 0 Å². The SMILES string of the molecule is C=CCO[C@H]1[C@@H](O)[C@@H](O)[C@H](OCC=C)[C@@H](OCc2ccccc2)[C@H]1OCc1ccccc1. The van der Waals surface area contributed by atoms with E-state index in [4.69, 9.17) is 18.9 Å². The summed E-state index contributed by atoms with van der Waals surface area (Å²) in [6.45, 7) is 8.34. The third-order valence-electron chi connectivity index (χ3n) is 5.38. The normalized spacial score (nSPS) is 27.7. The molecule has 0 unspecified atom stereocenters. The van der Waals surface area contributed by atoms with Gasteiger partial charge in [0, 0.05) is 0 Å². The lowest BCUT2D eigenvalue weighted by Gasteiger charge is -2.46. The van der Waals surface area contributed by atoms with E-state index in [1.54, 1.807) is 12.2 Å². The van der Waals surface area contributed by atoms with Crippen molar-refractivity contribution in [2.24, 2.45) is 0 Å². The van der Waals surface area contributed by atoms with E-state index < -0.39 is 36.6 Å². The van der Waals surface area contributed by atoms with Crippen LogP contribution in [0.15, 0.2) is 86.0 Å². The lowest BCUT2D eigenvalue weighted by Crippen LogP contribution is -2.66. The summed E-state index contributed by atoms with van der Waals surface area (Å²) in [5.41, 5.74) is 1.95. The molecule has 3 rings (SSSR count). The summed E-state index contributed by atoms with van der Waals surface area (Å²) in [5, 5.41) is 21.7. The molecule has 0 heterocycles. The first kappa shape index (κ1) is 24.3. The van der Waals surface area contributed by atoms with Gasteiger partial charge in [0.15, 0.2) is 0 Å². The first-order valence-corrected chi connectivity index (χ1v) is 10.8. The second kappa shape index (κ2) is 12.6. The second-order valence-electron chi connectivity index (χ2n) is 7.68. The fourth-order valence-corrected chi connectivity index (χ4v) is 3.81. The molecule has 6 atom stereocenters. The Morgan fingerprint density at radius 1 is 0.594 bits per heavy atom. The Kier molecular flexibility index (Phi) is 9.62. The van der Waals surface area contributed by atoms with Crippen molar-refractivity contribution in [2.75, 3.05) is 13.2 Å². The maximum atomic E-state index is 10.9. The molecule has 0 saturated heterocycles. The summed E-state index contributed by atoms with van der Waals surface area (Å²) in [4.78, 5) is 0. The van der Waals surface area contributed by atoms with Gasteiger partial charge in [-0.05, 0) is 11.1 Å². The van der Waals surface area contributed by atoms with Crippen molar-refractivity contribution in [1.29, 1.82) is 0 Å². The molecule has 0 radical (unpaired) electrons. The van der Waals surface area contributed by atoms with E-state index in [9.17, 15) is 10.2 Å². The predicted octanol–water partition coefficient (Wildman–Crippen LogP) is 3.04. The molecule has 0 aliphatic heterocycles. The van der Waals surface area contributed by atoms with E-state index in [0.717, 1.165) is 11.1 Å². The highest BCUT2D eigenvalue weighted by molar-refractivity contribution is 5.15. The molecule has 0 bridgehead atoms. The fraction of sp³-hybridized carbons (Fsp3) is 0.385. The van der Waals surface area contributed by atoms with Crippen LogP contribution < -0.4 is 0 Å². The van der Waals surface area contributed by atoms with Crippen molar-refractivity contribution in [3.05, 3.63) is 97.1 Å². The summed E-state index contributed by atoms with van der Waals surface area (Å²) in [7, 11) is 0. The molecule has 172 valence electrons. The van der Waals surface area contributed by atoms with E-state index in [0.29, 0.717) is 13.2 Å². The van der Waals surface area contributed by atoms with Crippen molar-refractivity contribution in [1.82, 2.24) is 0 Å². The van der Waals surface area contributed by atoms with Crippen molar-refractivity contribution >= 4 is 0 Å². The average Bonchev–Trinajstić information content (AvgIpc) is 2.83. The van der Waals surface area contributed by atoms with Gasteiger partial charge in [-0.3, -0.25) is 0 Å². The maximum Gasteiger partial charge on any atom is 0.116 e. The number of hydrogen-bond acceptors (Lipinski definition) is 6. The van der Waals surface area contributed by atoms with Crippen LogP contribution in [0.5, 0.6) is 0 Å². The van der Waals surface area contributed by atoms with Gasteiger partial charge >= 0.3 is 0 Å². The molecular formula is C26H32O6. The highest BCUT2D eigenvalue weighted by Gasteiger charge is 2.52. The number of hydrogen-bond donors (Lipinski definition) is 2. The molecule has 1 aliphatic rings. The quantitative estimate of drug-likeness (QED) is 0.494. The van der Waals surface area contributed by atoms with E-state index in [1.165, 1.54) is 0 Å². The van der Waals surface area contributed by atoms with E-state index in [2.05, 4.69) is 13.2 Å². The standard InChI is InChI=1S/C26H32O6/c1-3-15-29-23-21(27)22(28)24(30-16-4-2)26(32-18-20-13-9-6-10-14-20)25(23)31-17-19-11-7-5-8-12-19/h3-14,21-28H,1-2,15-18H2/t21-,22+,23-,24-,25-,26+/m0/s1. The Balaban J connectivity index is 1.86. The van der Waals surface area contributed by atoms with Crippen LogP contribution in [0.3, 0.4) is 0 Å². The van der Waals surface area contributed by atoms with Gasteiger partial charge in [0.2, 0.25) is 0 Å². The van der Waals surface area contributed by atoms with Gasteiger partial charge in [-0.25, -0.2) is 0 Å². The predicted molar refractivity (Wildman–Crippen MR) is 122 cm³/mol. The first-order chi connectivity index (χ1) is 15.7. The zero-order chi connectivity index (χ0) is 22.8. The molecule has 1 saturated carbocycles. The summed E-state index contributed by atoms with van der Waals surface area (Å²) < 4.78 is 24.2. The van der Waals surface area contributed by atoms with Crippen molar-refractivity contribution in [3.8, 4) is 0 Å². The number of ether oxygens (including phenoxy) is 4. The van der Waals surface area contributed by atoms with Crippen molar-refractivity contribution in [2.45, 2.75) is 49.8 Å². The Morgan fingerprint density at radius 3 is 1.31 bits per heavy atom. The number of aliphatic hydroxyl groups is 2. The van der Waals surface area contributed by atoms with Crippen LogP contribution in [0.1, 0.15) is 11.1 Å². The highest BCUT2D eigenvalue weighted by Crippen LogP contribution is 2.31. The Bertz CT molecular complexity index is 742. The number of aliphatic hydroxyl groups excluding tert-OH is 2. The molecule has 2 aromatic carbocycles. The molecule has 0 amide bonds. The molecule has 2 aromatic rings. The van der Waals surface area contributed by atoms with Gasteiger partial charge in [0.05, 0.1) is 26.4 Å². The van der Waals surface area contributed by atoms with Gasteiger partial charge < -0.3 is 29.2 Å². The average molecular weight is 441 g/mol. The zero-order valence-electron chi connectivity index (χ0n) is 18.2. The lowest BCUT2D eigenvalue weighted by molar-refractivity contribution is -0.266. The summed E-state index contributed by atoms with van der Waals surface area (Å²) in [6.07, 6.45) is -2.28. The molecule has 0 aromatic heterocycles. The van der Waals surface area contributed by atoms with Crippen LogP contribution in [0.2, 0.25) is 0 Å². The third kappa shape index (κ3) is 6.36. The topological polar surface area (TPSA) is 77.4 Å². The fourth-order valence-electron chi connectivity index (χ4n) is 3.81. The lowest BCUT2D eigenvalue weighted by atomic mass is 9.84. The molecule has 2 N–H and O–H groups in total. The van der Waals surface area contributed by atoms with Crippen molar-refractivity contribution < 1.29 is 29.2 Å². The minimum absolute atomic E-state index is 0.198. The largest absolute Gasteiger partial charge is 0.387 e. The summed E-state index contributed by atoms with van der Waals surface area (Å²) in [6, 6.07) is 19.4. The molecule has 6 nitrogen and oxygen atoms in total. The van der Waals surface area contributed by atoms with E-state index in [-0.39, 0.29) is 13.2 Å². The molecule has 1 fully saturated rings. The Labute approximate surface area is 189 Å².